The molecule has 2 atom stereocenters. The van der Waals surface area contributed by atoms with Crippen LogP contribution >= 0.6 is 0 Å². The number of nitrogens with zero attached hydrogens (tertiary/aromatic N) is 2. The molecule has 0 bridgehead atoms. The highest BCUT2D eigenvalue weighted by atomic mass is 16.3. The third kappa shape index (κ3) is 3.53. The minimum atomic E-state index is -0.719. The van der Waals surface area contributed by atoms with Crippen molar-refractivity contribution in [2.24, 2.45) is 0 Å². The van der Waals surface area contributed by atoms with Crippen LogP contribution in [0.15, 0.2) is 0 Å². The van der Waals surface area contributed by atoms with E-state index in [-0.39, 0.29) is 11.9 Å². The van der Waals surface area contributed by atoms with Crippen LogP contribution in [0, 0.1) is 0 Å². The van der Waals surface area contributed by atoms with Crippen molar-refractivity contribution in [3.05, 3.63) is 0 Å². The Morgan fingerprint density at radius 3 is 2.60 bits per heavy atom. The highest BCUT2D eigenvalue weighted by molar-refractivity contribution is 5.78. The first-order chi connectivity index (χ1) is 9.43. The minimum absolute atomic E-state index is 0.122. The van der Waals surface area contributed by atoms with E-state index >= 15 is 0 Å². The van der Waals surface area contributed by atoms with Gasteiger partial charge in [-0.2, -0.15) is 0 Å². The molecule has 2 aliphatic heterocycles. The van der Waals surface area contributed by atoms with Crippen LogP contribution in [0.1, 0.15) is 59.3 Å². The number of likely N-dealkylation sites (tertiary alicyclic amines) is 2. The van der Waals surface area contributed by atoms with Gasteiger partial charge in [0.1, 0.15) is 0 Å². The molecule has 1 amide bonds. The van der Waals surface area contributed by atoms with Crippen LogP contribution in [0.3, 0.4) is 0 Å². The van der Waals surface area contributed by atoms with E-state index < -0.39 is 5.60 Å². The first-order valence-electron chi connectivity index (χ1n) is 8.19. The Morgan fingerprint density at radius 1 is 1.20 bits per heavy atom. The molecule has 2 saturated heterocycles. The van der Waals surface area contributed by atoms with Crippen LogP contribution in [-0.2, 0) is 4.79 Å². The lowest BCUT2D eigenvalue weighted by Gasteiger charge is -2.38. The van der Waals surface area contributed by atoms with Crippen LogP contribution in [0.25, 0.3) is 0 Å². The lowest BCUT2D eigenvalue weighted by Crippen LogP contribution is -2.52. The Bertz CT molecular complexity index is 338. The summed E-state index contributed by atoms with van der Waals surface area (Å²) < 4.78 is 0. The Hall–Kier alpha value is -0.610. The lowest BCUT2D eigenvalue weighted by atomic mass is 9.96. The zero-order valence-electron chi connectivity index (χ0n) is 13.3. The van der Waals surface area contributed by atoms with Crippen LogP contribution < -0.4 is 0 Å². The molecule has 0 aromatic rings. The Kier molecular flexibility index (Phi) is 5.08. The first-order valence-corrected chi connectivity index (χ1v) is 8.19. The maximum atomic E-state index is 12.6. The zero-order valence-corrected chi connectivity index (χ0v) is 13.3. The van der Waals surface area contributed by atoms with Gasteiger partial charge in [-0.15, -0.1) is 0 Å². The van der Waals surface area contributed by atoms with E-state index in [4.69, 9.17) is 0 Å². The molecule has 0 aliphatic carbocycles. The number of carbonyl (C=O) groups is 1. The summed E-state index contributed by atoms with van der Waals surface area (Å²) in [6.45, 7) is 8.21. The predicted octanol–water partition coefficient (Wildman–Crippen LogP) is 2.01. The van der Waals surface area contributed by atoms with Gasteiger partial charge >= 0.3 is 0 Å². The predicted molar refractivity (Wildman–Crippen MR) is 80.5 cm³/mol. The molecule has 4 nitrogen and oxygen atoms in total. The largest absolute Gasteiger partial charge is 0.389 e. The number of rotatable bonds is 4. The van der Waals surface area contributed by atoms with Crippen LogP contribution in [0.2, 0.25) is 0 Å². The minimum Gasteiger partial charge on any atom is -0.389 e. The summed E-state index contributed by atoms with van der Waals surface area (Å²) in [4.78, 5) is 16.9. The van der Waals surface area contributed by atoms with E-state index in [1.54, 1.807) is 0 Å². The average Bonchev–Trinajstić information content (AvgIpc) is 2.86. The SMILES string of the molecule is CCC1CCCCN1C(=O)CN1CCCC1C(C)(C)O. The molecular formula is C16H30N2O2. The zero-order chi connectivity index (χ0) is 14.8. The summed E-state index contributed by atoms with van der Waals surface area (Å²) in [7, 11) is 0. The summed E-state index contributed by atoms with van der Waals surface area (Å²) >= 11 is 0. The van der Waals surface area contributed by atoms with Gasteiger partial charge in [0.2, 0.25) is 5.91 Å². The van der Waals surface area contributed by atoms with Gasteiger partial charge in [-0.1, -0.05) is 6.92 Å². The first kappa shape index (κ1) is 15.8. The summed E-state index contributed by atoms with van der Waals surface area (Å²) in [5.41, 5.74) is -0.719. The Labute approximate surface area is 123 Å². The third-order valence-corrected chi connectivity index (χ3v) is 4.94. The average molecular weight is 282 g/mol. The molecule has 0 radical (unpaired) electrons. The number of amides is 1. The fourth-order valence-electron chi connectivity index (χ4n) is 3.83. The molecular weight excluding hydrogens is 252 g/mol. The van der Waals surface area contributed by atoms with Gasteiger partial charge in [0, 0.05) is 18.6 Å². The van der Waals surface area contributed by atoms with Crippen molar-refractivity contribution in [1.29, 1.82) is 0 Å². The molecule has 0 saturated carbocycles. The van der Waals surface area contributed by atoms with E-state index in [1.807, 2.05) is 13.8 Å². The van der Waals surface area contributed by atoms with Gasteiger partial charge in [0.15, 0.2) is 0 Å². The van der Waals surface area contributed by atoms with E-state index in [9.17, 15) is 9.90 Å². The topological polar surface area (TPSA) is 43.8 Å². The van der Waals surface area contributed by atoms with Gasteiger partial charge in [0.05, 0.1) is 12.1 Å². The summed E-state index contributed by atoms with van der Waals surface area (Å²) in [6, 6.07) is 0.552. The van der Waals surface area contributed by atoms with Gasteiger partial charge in [-0.25, -0.2) is 0 Å². The molecule has 4 heteroatoms. The highest BCUT2D eigenvalue weighted by Gasteiger charge is 2.37. The fourth-order valence-corrected chi connectivity index (χ4v) is 3.83. The molecule has 116 valence electrons. The second-order valence-corrected chi connectivity index (χ2v) is 6.93. The third-order valence-electron chi connectivity index (χ3n) is 4.94. The summed E-state index contributed by atoms with van der Waals surface area (Å²) in [5.74, 6) is 0.257. The van der Waals surface area contributed by atoms with E-state index in [0.29, 0.717) is 12.6 Å². The molecule has 2 unspecified atom stereocenters. The van der Waals surface area contributed by atoms with Crippen molar-refractivity contribution < 1.29 is 9.90 Å². The van der Waals surface area contributed by atoms with E-state index in [1.165, 1.54) is 6.42 Å². The molecule has 0 spiro atoms. The number of piperidine rings is 1. The normalized spacial score (nSPS) is 28.9. The van der Waals surface area contributed by atoms with Crippen molar-refractivity contribution in [3.63, 3.8) is 0 Å². The molecule has 2 rings (SSSR count). The molecule has 2 heterocycles. The maximum absolute atomic E-state index is 12.6. The van der Waals surface area contributed by atoms with Crippen molar-refractivity contribution in [3.8, 4) is 0 Å². The highest BCUT2D eigenvalue weighted by Crippen LogP contribution is 2.27. The Morgan fingerprint density at radius 2 is 1.95 bits per heavy atom. The number of hydrogen-bond donors (Lipinski definition) is 1. The molecule has 2 aliphatic rings. The molecule has 0 aromatic carbocycles. The van der Waals surface area contributed by atoms with Crippen LogP contribution in [0.5, 0.6) is 0 Å². The smallest absolute Gasteiger partial charge is 0.237 e. The molecule has 20 heavy (non-hydrogen) atoms. The van der Waals surface area contributed by atoms with E-state index in [2.05, 4.69) is 16.7 Å². The second kappa shape index (κ2) is 6.44. The monoisotopic (exact) mass is 282 g/mol. The maximum Gasteiger partial charge on any atom is 0.237 e. The van der Waals surface area contributed by atoms with Gasteiger partial charge < -0.3 is 10.0 Å². The van der Waals surface area contributed by atoms with Crippen molar-refractivity contribution in [2.75, 3.05) is 19.6 Å². The van der Waals surface area contributed by atoms with Crippen LogP contribution in [-0.4, -0.2) is 58.1 Å². The Balaban J connectivity index is 1.96. The van der Waals surface area contributed by atoms with Gasteiger partial charge in [-0.3, -0.25) is 9.69 Å². The van der Waals surface area contributed by atoms with Crippen LogP contribution in [0.4, 0.5) is 0 Å². The number of hydrogen-bond acceptors (Lipinski definition) is 3. The quantitative estimate of drug-likeness (QED) is 0.858. The molecule has 0 aromatic heterocycles. The number of carbonyl (C=O) groups excluding carboxylic acids is 1. The van der Waals surface area contributed by atoms with E-state index in [0.717, 1.165) is 45.2 Å². The second-order valence-electron chi connectivity index (χ2n) is 6.93. The van der Waals surface area contributed by atoms with Crippen molar-refractivity contribution in [2.45, 2.75) is 77.0 Å². The van der Waals surface area contributed by atoms with Gasteiger partial charge in [-0.05, 0) is 58.9 Å². The summed E-state index contributed by atoms with van der Waals surface area (Å²) in [5, 5.41) is 10.2. The summed E-state index contributed by atoms with van der Waals surface area (Å²) in [6.07, 6.45) is 6.67. The fraction of sp³-hybridized carbons (Fsp3) is 0.938. The standard InChI is InChI=1S/C16H30N2O2/c1-4-13-8-5-6-11-18(13)15(19)12-17-10-7-9-14(17)16(2,3)20/h13-14,20H,4-12H2,1-3H3. The lowest BCUT2D eigenvalue weighted by molar-refractivity contribution is -0.137. The number of aliphatic hydroxyl groups is 1. The molecule has 2 fully saturated rings. The van der Waals surface area contributed by atoms with Crippen molar-refractivity contribution >= 4 is 5.91 Å². The van der Waals surface area contributed by atoms with Gasteiger partial charge in [0.25, 0.3) is 0 Å². The molecule has 1 N–H and O–H groups in total. The van der Waals surface area contributed by atoms with Crippen molar-refractivity contribution in [1.82, 2.24) is 9.80 Å².